The lowest BCUT2D eigenvalue weighted by atomic mass is 10.1. The summed E-state index contributed by atoms with van der Waals surface area (Å²) < 4.78 is 26.2. The predicted molar refractivity (Wildman–Crippen MR) is 71.7 cm³/mol. The molecule has 1 amide bonds. The molecule has 1 aromatic rings. The number of aryl methyl sites for hydroxylation is 1. The van der Waals surface area contributed by atoms with Crippen molar-refractivity contribution in [3.05, 3.63) is 29.3 Å². The zero-order valence-electron chi connectivity index (χ0n) is 11.1. The normalized spacial score (nSPS) is 12.9. The van der Waals surface area contributed by atoms with Crippen molar-refractivity contribution in [1.29, 1.82) is 0 Å². The Kier molecular flexibility index (Phi) is 4.85. The predicted octanol–water partition coefficient (Wildman–Crippen LogP) is 0.235. The highest BCUT2D eigenvalue weighted by Crippen LogP contribution is 2.16. The van der Waals surface area contributed by atoms with Crippen LogP contribution in [0.1, 0.15) is 29.3 Å². The Labute approximate surface area is 116 Å². The van der Waals surface area contributed by atoms with Gasteiger partial charge in [-0.3, -0.25) is 9.59 Å². The van der Waals surface area contributed by atoms with Gasteiger partial charge >= 0.3 is 5.97 Å². The maximum absolute atomic E-state index is 12.1. The van der Waals surface area contributed by atoms with Crippen LogP contribution in [0.4, 0.5) is 0 Å². The quantitative estimate of drug-likeness (QED) is 0.693. The zero-order valence-corrected chi connectivity index (χ0v) is 11.9. The van der Waals surface area contributed by atoms with Crippen molar-refractivity contribution >= 4 is 21.9 Å². The van der Waals surface area contributed by atoms with Gasteiger partial charge in [0.15, 0.2) is 0 Å². The van der Waals surface area contributed by atoms with Crippen LogP contribution < -0.4 is 10.5 Å². The van der Waals surface area contributed by atoms with Crippen molar-refractivity contribution in [2.45, 2.75) is 31.2 Å². The van der Waals surface area contributed by atoms with Gasteiger partial charge in [-0.05, 0) is 31.0 Å². The molecule has 1 rings (SSSR count). The van der Waals surface area contributed by atoms with Gasteiger partial charge in [-0.15, -0.1) is 0 Å². The first-order chi connectivity index (χ1) is 9.19. The molecular weight excluding hydrogens is 284 g/mol. The van der Waals surface area contributed by atoms with E-state index in [1.54, 1.807) is 13.8 Å². The SMILES string of the molecule is CC[C@H](NS(=O)(=O)c1ccc(C)c(C(N)=O)c1)C(=O)O. The van der Waals surface area contributed by atoms with Crippen molar-refractivity contribution in [1.82, 2.24) is 4.72 Å². The number of primary amides is 1. The third-order valence-corrected chi connectivity index (χ3v) is 4.26. The monoisotopic (exact) mass is 300 g/mol. The Bertz CT molecular complexity index is 639. The van der Waals surface area contributed by atoms with Crippen molar-refractivity contribution < 1.29 is 23.1 Å². The van der Waals surface area contributed by atoms with E-state index in [-0.39, 0.29) is 16.9 Å². The fourth-order valence-electron chi connectivity index (χ4n) is 1.60. The first-order valence-corrected chi connectivity index (χ1v) is 7.33. The Morgan fingerprint density at radius 2 is 2.00 bits per heavy atom. The number of sulfonamides is 1. The van der Waals surface area contributed by atoms with Crippen LogP contribution in [0.15, 0.2) is 23.1 Å². The molecule has 0 saturated carbocycles. The van der Waals surface area contributed by atoms with Crippen LogP contribution in [0.5, 0.6) is 0 Å². The largest absolute Gasteiger partial charge is 0.480 e. The van der Waals surface area contributed by atoms with Crippen LogP contribution in [0.25, 0.3) is 0 Å². The summed E-state index contributed by atoms with van der Waals surface area (Å²) >= 11 is 0. The summed E-state index contributed by atoms with van der Waals surface area (Å²) in [5.74, 6) is -2.01. The number of carbonyl (C=O) groups is 2. The van der Waals surface area contributed by atoms with E-state index in [1.165, 1.54) is 12.1 Å². The van der Waals surface area contributed by atoms with Gasteiger partial charge in [0.25, 0.3) is 0 Å². The molecule has 0 saturated heterocycles. The minimum atomic E-state index is -4.03. The number of amides is 1. The Morgan fingerprint density at radius 1 is 1.40 bits per heavy atom. The van der Waals surface area contributed by atoms with E-state index >= 15 is 0 Å². The van der Waals surface area contributed by atoms with Crippen LogP contribution >= 0.6 is 0 Å². The minimum absolute atomic E-state index is 0.0799. The van der Waals surface area contributed by atoms with Gasteiger partial charge in [-0.1, -0.05) is 13.0 Å². The number of hydrogen-bond acceptors (Lipinski definition) is 4. The molecule has 20 heavy (non-hydrogen) atoms. The molecule has 0 radical (unpaired) electrons. The minimum Gasteiger partial charge on any atom is -0.480 e. The van der Waals surface area contributed by atoms with Crippen molar-refractivity contribution in [2.75, 3.05) is 0 Å². The molecule has 0 bridgehead atoms. The van der Waals surface area contributed by atoms with Gasteiger partial charge in [0, 0.05) is 5.56 Å². The van der Waals surface area contributed by atoms with E-state index < -0.39 is 27.9 Å². The van der Waals surface area contributed by atoms with E-state index in [0.29, 0.717) is 5.56 Å². The molecule has 0 aromatic heterocycles. The lowest BCUT2D eigenvalue weighted by molar-refractivity contribution is -0.139. The summed E-state index contributed by atoms with van der Waals surface area (Å²) in [4.78, 5) is 21.9. The van der Waals surface area contributed by atoms with Gasteiger partial charge in [0.05, 0.1) is 4.90 Å². The molecule has 0 aliphatic carbocycles. The molecule has 4 N–H and O–H groups in total. The van der Waals surface area contributed by atoms with Crippen molar-refractivity contribution in [3.8, 4) is 0 Å². The third-order valence-electron chi connectivity index (χ3n) is 2.79. The summed E-state index contributed by atoms with van der Waals surface area (Å²) in [7, 11) is -4.03. The summed E-state index contributed by atoms with van der Waals surface area (Å²) in [5.41, 5.74) is 5.78. The van der Waals surface area contributed by atoms with Gasteiger partial charge < -0.3 is 10.8 Å². The lowest BCUT2D eigenvalue weighted by Crippen LogP contribution is -2.40. The molecule has 110 valence electrons. The van der Waals surface area contributed by atoms with Crippen molar-refractivity contribution in [3.63, 3.8) is 0 Å². The second kappa shape index (κ2) is 6.02. The molecule has 1 aromatic carbocycles. The Morgan fingerprint density at radius 3 is 2.45 bits per heavy atom. The number of carboxylic acids is 1. The fourth-order valence-corrected chi connectivity index (χ4v) is 2.90. The van der Waals surface area contributed by atoms with Crippen LogP contribution in [0, 0.1) is 6.92 Å². The number of nitrogens with two attached hydrogens (primary N) is 1. The van der Waals surface area contributed by atoms with Crippen LogP contribution in [0.2, 0.25) is 0 Å². The van der Waals surface area contributed by atoms with Crippen LogP contribution in [-0.4, -0.2) is 31.4 Å². The van der Waals surface area contributed by atoms with E-state index in [0.717, 1.165) is 6.07 Å². The average molecular weight is 300 g/mol. The Hall–Kier alpha value is -1.93. The molecule has 0 aliphatic heterocycles. The van der Waals surface area contributed by atoms with E-state index in [4.69, 9.17) is 10.8 Å². The number of rotatable bonds is 6. The summed E-state index contributed by atoms with van der Waals surface area (Å²) in [6.07, 6.45) is 0.100. The Balaban J connectivity index is 3.19. The average Bonchev–Trinajstić information content (AvgIpc) is 2.35. The lowest BCUT2D eigenvalue weighted by Gasteiger charge is -2.13. The fraction of sp³-hybridized carbons (Fsp3) is 0.333. The molecule has 0 fully saturated rings. The molecule has 0 spiro atoms. The maximum Gasteiger partial charge on any atom is 0.321 e. The zero-order chi connectivity index (χ0) is 15.5. The standard InChI is InChI=1S/C12H16N2O5S/c1-3-10(12(16)17)14-20(18,19)8-5-4-7(2)9(6-8)11(13)15/h4-6,10,14H,3H2,1-2H3,(H2,13,15)(H,16,17)/t10-/m0/s1. The van der Waals surface area contributed by atoms with Crippen molar-refractivity contribution in [2.24, 2.45) is 5.73 Å². The molecule has 7 nitrogen and oxygen atoms in total. The first-order valence-electron chi connectivity index (χ1n) is 5.84. The molecule has 8 heteroatoms. The first kappa shape index (κ1) is 16.1. The summed E-state index contributed by atoms with van der Waals surface area (Å²) in [6.45, 7) is 3.17. The number of benzene rings is 1. The van der Waals surface area contributed by atoms with E-state index in [1.807, 2.05) is 0 Å². The second-order valence-electron chi connectivity index (χ2n) is 4.26. The topological polar surface area (TPSA) is 127 Å². The van der Waals surface area contributed by atoms with Gasteiger partial charge in [-0.25, -0.2) is 8.42 Å². The highest BCUT2D eigenvalue weighted by molar-refractivity contribution is 7.89. The van der Waals surface area contributed by atoms with Gasteiger partial charge in [-0.2, -0.15) is 4.72 Å². The number of carbonyl (C=O) groups excluding carboxylic acids is 1. The number of nitrogens with one attached hydrogen (secondary N) is 1. The molecular formula is C12H16N2O5S. The molecule has 0 aliphatic rings. The molecule has 1 atom stereocenters. The second-order valence-corrected chi connectivity index (χ2v) is 5.98. The number of carboxylic acid groups (broad SMARTS) is 1. The molecule has 0 heterocycles. The number of hydrogen-bond donors (Lipinski definition) is 3. The highest BCUT2D eigenvalue weighted by atomic mass is 32.2. The highest BCUT2D eigenvalue weighted by Gasteiger charge is 2.24. The summed E-state index contributed by atoms with van der Waals surface area (Å²) in [5, 5.41) is 8.87. The van der Waals surface area contributed by atoms with Crippen LogP contribution in [0.3, 0.4) is 0 Å². The number of aliphatic carboxylic acids is 1. The van der Waals surface area contributed by atoms with Gasteiger partial charge in [0.1, 0.15) is 6.04 Å². The smallest absolute Gasteiger partial charge is 0.321 e. The summed E-state index contributed by atoms with van der Waals surface area (Å²) in [6, 6.07) is 2.64. The molecule has 0 unspecified atom stereocenters. The third kappa shape index (κ3) is 3.55. The van der Waals surface area contributed by atoms with E-state index in [9.17, 15) is 18.0 Å². The maximum atomic E-state index is 12.1. The van der Waals surface area contributed by atoms with E-state index in [2.05, 4.69) is 4.72 Å². The van der Waals surface area contributed by atoms with Gasteiger partial charge in [0.2, 0.25) is 15.9 Å². The van der Waals surface area contributed by atoms with Crippen LogP contribution in [-0.2, 0) is 14.8 Å².